The normalized spacial score (nSPS) is 10.6. The zero-order valence-corrected chi connectivity index (χ0v) is 12.6. The van der Waals surface area contributed by atoms with Crippen molar-refractivity contribution in [3.8, 4) is 5.75 Å². The van der Waals surface area contributed by atoms with Crippen LogP contribution in [-0.4, -0.2) is 33.5 Å². The molecule has 0 fully saturated rings. The lowest BCUT2D eigenvalue weighted by Gasteiger charge is -2.16. The molecule has 1 aromatic heterocycles. The topological polar surface area (TPSA) is 103 Å². The Kier molecular flexibility index (Phi) is 5.26. The Morgan fingerprint density at radius 3 is 2.32 bits per heavy atom. The zero-order valence-electron chi connectivity index (χ0n) is 12.6. The van der Waals surface area contributed by atoms with Crippen molar-refractivity contribution in [1.82, 2.24) is 19.9 Å². The lowest BCUT2D eigenvalue weighted by molar-refractivity contribution is 0.310. The van der Waals surface area contributed by atoms with Crippen molar-refractivity contribution in [2.75, 3.05) is 25.1 Å². The van der Waals surface area contributed by atoms with Crippen molar-refractivity contribution in [3.63, 3.8) is 0 Å². The van der Waals surface area contributed by atoms with Gasteiger partial charge in [-0.3, -0.25) is 4.90 Å². The average Bonchev–Trinajstić information content (AvgIpc) is 2.45. The second-order valence-electron chi connectivity index (χ2n) is 4.88. The summed E-state index contributed by atoms with van der Waals surface area (Å²) in [5, 5.41) is 0. The van der Waals surface area contributed by atoms with Gasteiger partial charge in [-0.1, -0.05) is 24.8 Å². The molecule has 0 unspecified atom stereocenters. The number of hydrogen-bond acceptors (Lipinski definition) is 7. The smallest absolute Gasteiger partial charge is 0.225 e. The van der Waals surface area contributed by atoms with E-state index in [-0.39, 0.29) is 11.9 Å². The second-order valence-corrected chi connectivity index (χ2v) is 4.88. The quantitative estimate of drug-likeness (QED) is 0.741. The molecule has 0 atom stereocenters. The van der Waals surface area contributed by atoms with Crippen molar-refractivity contribution < 1.29 is 4.74 Å². The number of rotatable bonds is 7. The molecule has 1 aromatic carbocycles. The lowest BCUT2D eigenvalue weighted by Crippen LogP contribution is -2.20. The number of benzene rings is 1. The maximum Gasteiger partial charge on any atom is 0.225 e. The highest BCUT2D eigenvalue weighted by Gasteiger charge is 2.07. The Hall–Kier alpha value is -2.67. The number of hydrogen-bond donors (Lipinski definition) is 2. The molecule has 0 spiro atoms. The standard InChI is InChI=1S/C15H20N6O/c1-3-8-22-12-6-4-11(5-7-12)9-21(2)10-13-18-14(16)20-15(17)19-13/h3-7H,1,8-10H2,2H3,(H4,16,17,18,19,20). The fourth-order valence-electron chi connectivity index (χ4n) is 1.98. The highest BCUT2D eigenvalue weighted by Crippen LogP contribution is 2.14. The molecule has 116 valence electrons. The largest absolute Gasteiger partial charge is 0.490 e. The first-order valence-corrected chi connectivity index (χ1v) is 6.84. The van der Waals surface area contributed by atoms with Crippen molar-refractivity contribution in [2.45, 2.75) is 13.1 Å². The van der Waals surface area contributed by atoms with Gasteiger partial charge < -0.3 is 16.2 Å². The van der Waals surface area contributed by atoms with Gasteiger partial charge in [0.05, 0.1) is 6.54 Å². The molecular weight excluding hydrogens is 280 g/mol. The van der Waals surface area contributed by atoms with Gasteiger partial charge in [0.25, 0.3) is 0 Å². The third-order valence-electron chi connectivity index (χ3n) is 2.87. The van der Waals surface area contributed by atoms with E-state index in [2.05, 4.69) is 26.4 Å². The Labute approximate surface area is 129 Å². The second kappa shape index (κ2) is 7.37. The van der Waals surface area contributed by atoms with Gasteiger partial charge in [0.2, 0.25) is 11.9 Å². The van der Waals surface area contributed by atoms with Gasteiger partial charge in [-0.15, -0.1) is 0 Å². The van der Waals surface area contributed by atoms with Crippen LogP contribution in [0.5, 0.6) is 5.75 Å². The molecule has 2 rings (SSSR count). The summed E-state index contributed by atoms with van der Waals surface area (Å²) in [7, 11) is 1.97. The molecule has 0 saturated carbocycles. The number of nitrogens with zero attached hydrogens (tertiary/aromatic N) is 4. The molecule has 0 aliphatic heterocycles. The predicted octanol–water partition coefficient (Wildman–Crippen LogP) is 1.23. The summed E-state index contributed by atoms with van der Waals surface area (Å²) in [6.07, 6.45) is 1.72. The minimum Gasteiger partial charge on any atom is -0.490 e. The van der Waals surface area contributed by atoms with Gasteiger partial charge >= 0.3 is 0 Å². The molecule has 0 amide bonds. The minimum atomic E-state index is 0.139. The molecule has 0 aliphatic carbocycles. The molecule has 1 heterocycles. The van der Waals surface area contributed by atoms with E-state index in [1.54, 1.807) is 6.08 Å². The van der Waals surface area contributed by atoms with Gasteiger partial charge in [0.15, 0.2) is 0 Å². The molecule has 22 heavy (non-hydrogen) atoms. The van der Waals surface area contributed by atoms with E-state index in [4.69, 9.17) is 16.2 Å². The van der Waals surface area contributed by atoms with Crippen LogP contribution in [0, 0.1) is 0 Å². The molecule has 0 bridgehead atoms. The van der Waals surface area contributed by atoms with Gasteiger partial charge in [0, 0.05) is 6.54 Å². The van der Waals surface area contributed by atoms with Crippen LogP contribution in [0.25, 0.3) is 0 Å². The predicted molar refractivity (Wildman–Crippen MR) is 86.0 cm³/mol. The van der Waals surface area contributed by atoms with Crippen LogP contribution >= 0.6 is 0 Å². The van der Waals surface area contributed by atoms with Crippen molar-refractivity contribution in [3.05, 3.63) is 48.3 Å². The SMILES string of the molecule is C=CCOc1ccc(CN(C)Cc2nc(N)nc(N)n2)cc1. The van der Waals surface area contributed by atoms with Crippen LogP contribution in [0.1, 0.15) is 11.4 Å². The monoisotopic (exact) mass is 300 g/mol. The summed E-state index contributed by atoms with van der Waals surface area (Å²) < 4.78 is 5.45. The van der Waals surface area contributed by atoms with E-state index in [9.17, 15) is 0 Å². The summed E-state index contributed by atoms with van der Waals surface area (Å²) >= 11 is 0. The molecule has 7 nitrogen and oxygen atoms in total. The third kappa shape index (κ3) is 4.71. The van der Waals surface area contributed by atoms with Gasteiger partial charge in [-0.25, -0.2) is 0 Å². The Balaban J connectivity index is 1.93. The van der Waals surface area contributed by atoms with Crippen LogP contribution in [-0.2, 0) is 13.1 Å². The van der Waals surface area contributed by atoms with Crippen LogP contribution in [0.2, 0.25) is 0 Å². The summed E-state index contributed by atoms with van der Waals surface area (Å²) in [6.45, 7) is 5.40. The third-order valence-corrected chi connectivity index (χ3v) is 2.87. The Bertz CT molecular complexity index is 608. The first-order valence-electron chi connectivity index (χ1n) is 6.84. The molecule has 2 aromatic rings. The van der Waals surface area contributed by atoms with Crippen molar-refractivity contribution in [2.24, 2.45) is 0 Å². The number of anilines is 2. The molecule has 0 radical (unpaired) electrons. The number of aromatic nitrogens is 3. The lowest BCUT2D eigenvalue weighted by atomic mass is 10.2. The first kappa shape index (κ1) is 15.7. The van der Waals surface area contributed by atoms with Gasteiger partial charge in [-0.05, 0) is 24.7 Å². The van der Waals surface area contributed by atoms with E-state index in [0.29, 0.717) is 19.0 Å². The average molecular weight is 300 g/mol. The van der Waals surface area contributed by atoms with Crippen LogP contribution in [0.4, 0.5) is 11.9 Å². The van der Waals surface area contributed by atoms with E-state index < -0.39 is 0 Å². The molecule has 4 N–H and O–H groups in total. The summed E-state index contributed by atoms with van der Waals surface area (Å²) in [4.78, 5) is 14.0. The number of nitrogen functional groups attached to an aromatic ring is 2. The summed E-state index contributed by atoms with van der Waals surface area (Å²) in [6, 6.07) is 7.91. The fourth-order valence-corrected chi connectivity index (χ4v) is 1.98. The van der Waals surface area contributed by atoms with Gasteiger partial charge in [0.1, 0.15) is 18.2 Å². The highest BCUT2D eigenvalue weighted by molar-refractivity contribution is 5.28. The molecule has 7 heteroatoms. The van der Waals surface area contributed by atoms with Crippen molar-refractivity contribution >= 4 is 11.9 Å². The van der Waals surface area contributed by atoms with Crippen LogP contribution in [0.15, 0.2) is 36.9 Å². The summed E-state index contributed by atoms with van der Waals surface area (Å²) in [5.74, 6) is 1.65. The fraction of sp³-hybridized carbons (Fsp3) is 0.267. The minimum absolute atomic E-state index is 0.139. The van der Waals surface area contributed by atoms with E-state index in [1.165, 1.54) is 0 Å². The zero-order chi connectivity index (χ0) is 15.9. The number of nitrogens with two attached hydrogens (primary N) is 2. The first-order chi connectivity index (χ1) is 10.6. The molecule has 0 saturated heterocycles. The van der Waals surface area contributed by atoms with Crippen LogP contribution in [0.3, 0.4) is 0 Å². The van der Waals surface area contributed by atoms with E-state index in [0.717, 1.165) is 17.9 Å². The Morgan fingerprint density at radius 2 is 1.73 bits per heavy atom. The van der Waals surface area contributed by atoms with E-state index >= 15 is 0 Å². The van der Waals surface area contributed by atoms with Gasteiger partial charge in [-0.2, -0.15) is 15.0 Å². The van der Waals surface area contributed by atoms with Crippen LogP contribution < -0.4 is 16.2 Å². The maximum atomic E-state index is 5.56. The highest BCUT2D eigenvalue weighted by atomic mass is 16.5. The Morgan fingerprint density at radius 1 is 1.09 bits per heavy atom. The maximum absolute atomic E-state index is 5.56. The van der Waals surface area contributed by atoms with E-state index in [1.807, 2.05) is 31.3 Å². The molecular formula is C15H20N6O. The summed E-state index contributed by atoms with van der Waals surface area (Å²) in [5.41, 5.74) is 12.3. The molecule has 0 aliphatic rings. The van der Waals surface area contributed by atoms with Crippen molar-refractivity contribution in [1.29, 1.82) is 0 Å². The number of ether oxygens (including phenoxy) is 1.